The van der Waals surface area contributed by atoms with E-state index >= 15 is 0 Å². The zero-order chi connectivity index (χ0) is 16.1. The lowest BCUT2D eigenvalue weighted by Crippen LogP contribution is -3.14. The molecule has 1 amide bonds. The molecule has 5 nitrogen and oxygen atoms in total. The number of rotatable bonds is 4. The maximum Gasteiger partial charge on any atom is 0.309 e. The first-order valence-electron chi connectivity index (χ1n) is 7.16. The number of amides is 1. The molecule has 2 N–H and O–H groups in total. The number of benzene rings is 1. The summed E-state index contributed by atoms with van der Waals surface area (Å²) in [5.41, 5.74) is -0.420. The van der Waals surface area contributed by atoms with Gasteiger partial charge in [0.15, 0.2) is 6.54 Å². The van der Waals surface area contributed by atoms with Crippen molar-refractivity contribution in [2.75, 3.05) is 32.1 Å². The van der Waals surface area contributed by atoms with E-state index in [1.165, 1.54) is 13.2 Å². The minimum atomic E-state index is -0.798. The first kappa shape index (κ1) is 16.4. The number of esters is 1. The minimum absolute atomic E-state index is 0.113. The number of methoxy groups -OCH3 is 1. The van der Waals surface area contributed by atoms with Crippen LogP contribution in [0.4, 0.5) is 14.5 Å². The minimum Gasteiger partial charge on any atom is -0.469 e. The molecule has 1 aliphatic rings. The van der Waals surface area contributed by atoms with Crippen LogP contribution in [-0.4, -0.2) is 38.6 Å². The Bertz CT molecular complexity index is 537. The van der Waals surface area contributed by atoms with Crippen LogP contribution in [0.5, 0.6) is 0 Å². The summed E-state index contributed by atoms with van der Waals surface area (Å²) in [7, 11) is 1.36. The fourth-order valence-corrected chi connectivity index (χ4v) is 2.63. The Morgan fingerprint density at radius 2 is 1.86 bits per heavy atom. The summed E-state index contributed by atoms with van der Waals surface area (Å²) in [5, 5.41) is 2.27. The lowest BCUT2D eigenvalue weighted by Gasteiger charge is -2.27. The molecule has 22 heavy (non-hydrogen) atoms. The number of halogens is 2. The molecule has 0 bridgehead atoms. The molecule has 1 aromatic carbocycles. The molecule has 0 atom stereocenters. The summed E-state index contributed by atoms with van der Waals surface area (Å²) in [6.07, 6.45) is 1.28. The number of carbonyl (C=O) groups is 2. The van der Waals surface area contributed by atoms with Crippen LogP contribution < -0.4 is 10.2 Å². The van der Waals surface area contributed by atoms with Crippen molar-refractivity contribution in [1.29, 1.82) is 0 Å². The number of hydrogen-bond donors (Lipinski definition) is 2. The van der Waals surface area contributed by atoms with E-state index in [4.69, 9.17) is 4.74 Å². The smallest absolute Gasteiger partial charge is 0.309 e. The van der Waals surface area contributed by atoms with E-state index in [2.05, 4.69) is 5.32 Å². The first-order chi connectivity index (χ1) is 10.5. The maximum absolute atomic E-state index is 13.5. The highest BCUT2D eigenvalue weighted by Gasteiger charge is 2.29. The van der Waals surface area contributed by atoms with Crippen LogP contribution in [0.3, 0.4) is 0 Å². The number of carbonyl (C=O) groups excluding carboxylic acids is 2. The van der Waals surface area contributed by atoms with Gasteiger partial charge in [-0.25, -0.2) is 8.78 Å². The molecule has 0 spiro atoms. The SMILES string of the molecule is COC(=O)C1CC[NH+](CC(=O)Nc2c(F)cccc2F)CC1. The summed E-state index contributed by atoms with van der Waals surface area (Å²) < 4.78 is 31.6. The third kappa shape index (κ3) is 4.00. The Morgan fingerprint density at radius 1 is 1.27 bits per heavy atom. The van der Waals surface area contributed by atoms with Crippen molar-refractivity contribution in [2.24, 2.45) is 5.92 Å². The number of hydrogen-bond acceptors (Lipinski definition) is 3. The van der Waals surface area contributed by atoms with Crippen molar-refractivity contribution in [1.82, 2.24) is 0 Å². The number of piperidine rings is 1. The molecule has 0 aliphatic carbocycles. The largest absolute Gasteiger partial charge is 0.469 e. The molecular formula is C15H19F2N2O3+. The summed E-state index contributed by atoms with van der Waals surface area (Å²) in [4.78, 5) is 24.3. The van der Waals surface area contributed by atoms with Crippen LogP contribution in [0.2, 0.25) is 0 Å². The Balaban J connectivity index is 1.85. The lowest BCUT2D eigenvalue weighted by atomic mass is 9.97. The Labute approximate surface area is 127 Å². The average Bonchev–Trinajstić information content (AvgIpc) is 2.51. The standard InChI is InChI=1S/C15H18F2N2O3/c1-22-15(21)10-5-7-19(8-6-10)9-13(20)18-14-11(16)3-2-4-12(14)17/h2-4,10H,5-9H2,1H3,(H,18,20)/p+1. The van der Waals surface area contributed by atoms with Crippen LogP contribution in [0.25, 0.3) is 0 Å². The molecule has 2 rings (SSSR count). The van der Waals surface area contributed by atoms with Gasteiger partial charge in [0.2, 0.25) is 0 Å². The van der Waals surface area contributed by atoms with Gasteiger partial charge in [-0.2, -0.15) is 0 Å². The number of likely N-dealkylation sites (tertiary alicyclic amines) is 1. The molecular weight excluding hydrogens is 294 g/mol. The number of ether oxygens (including phenoxy) is 1. The van der Waals surface area contributed by atoms with Gasteiger partial charge < -0.3 is 15.0 Å². The molecule has 120 valence electrons. The zero-order valence-corrected chi connectivity index (χ0v) is 12.3. The van der Waals surface area contributed by atoms with Gasteiger partial charge in [-0.15, -0.1) is 0 Å². The molecule has 0 radical (unpaired) electrons. The summed E-state index contributed by atoms with van der Waals surface area (Å²) in [5.74, 6) is -2.39. The predicted molar refractivity (Wildman–Crippen MR) is 75.3 cm³/mol. The normalized spacial score (nSPS) is 21.2. The van der Waals surface area contributed by atoms with E-state index in [-0.39, 0.29) is 18.4 Å². The summed E-state index contributed by atoms with van der Waals surface area (Å²) in [6, 6.07) is 3.42. The fourth-order valence-electron chi connectivity index (χ4n) is 2.63. The van der Waals surface area contributed by atoms with Gasteiger partial charge in [0.1, 0.15) is 17.3 Å². The molecule has 1 aromatic rings. The fraction of sp³-hybridized carbons (Fsp3) is 0.467. The van der Waals surface area contributed by atoms with E-state index in [9.17, 15) is 18.4 Å². The van der Waals surface area contributed by atoms with Crippen molar-refractivity contribution >= 4 is 17.6 Å². The number of quaternary nitrogens is 1. The van der Waals surface area contributed by atoms with Gasteiger partial charge in [-0.1, -0.05) is 6.07 Å². The first-order valence-corrected chi connectivity index (χ1v) is 7.16. The van der Waals surface area contributed by atoms with Crippen LogP contribution in [0.15, 0.2) is 18.2 Å². The van der Waals surface area contributed by atoms with E-state index in [0.29, 0.717) is 25.9 Å². The van der Waals surface area contributed by atoms with Crippen LogP contribution in [-0.2, 0) is 14.3 Å². The maximum atomic E-state index is 13.5. The van der Waals surface area contributed by atoms with Crippen molar-refractivity contribution in [2.45, 2.75) is 12.8 Å². The predicted octanol–water partition coefficient (Wildman–Crippen LogP) is 0.371. The molecule has 1 heterocycles. The Kier molecular flexibility index (Phi) is 5.43. The molecule has 1 saturated heterocycles. The van der Waals surface area contributed by atoms with Crippen LogP contribution in [0, 0.1) is 17.6 Å². The summed E-state index contributed by atoms with van der Waals surface area (Å²) in [6.45, 7) is 1.40. The monoisotopic (exact) mass is 313 g/mol. The topological polar surface area (TPSA) is 59.8 Å². The highest BCUT2D eigenvalue weighted by Crippen LogP contribution is 2.17. The Hall–Kier alpha value is -2.02. The van der Waals surface area contributed by atoms with Gasteiger partial charge in [-0.3, -0.25) is 9.59 Å². The molecule has 0 aromatic heterocycles. The number of nitrogens with one attached hydrogen (secondary N) is 2. The quantitative estimate of drug-likeness (QED) is 0.790. The zero-order valence-electron chi connectivity index (χ0n) is 12.3. The van der Waals surface area contributed by atoms with Gasteiger partial charge in [0.05, 0.1) is 26.1 Å². The molecule has 1 fully saturated rings. The molecule has 0 saturated carbocycles. The van der Waals surface area contributed by atoms with E-state index in [1.54, 1.807) is 0 Å². The van der Waals surface area contributed by atoms with Gasteiger partial charge in [0.25, 0.3) is 5.91 Å². The summed E-state index contributed by atoms with van der Waals surface area (Å²) >= 11 is 0. The van der Waals surface area contributed by atoms with E-state index in [0.717, 1.165) is 17.0 Å². The van der Waals surface area contributed by atoms with E-state index in [1.807, 2.05) is 0 Å². The van der Waals surface area contributed by atoms with Crippen molar-refractivity contribution < 1.29 is 28.0 Å². The molecule has 0 unspecified atom stereocenters. The van der Waals surface area contributed by atoms with Crippen LogP contribution >= 0.6 is 0 Å². The van der Waals surface area contributed by atoms with E-state index < -0.39 is 23.2 Å². The highest BCUT2D eigenvalue weighted by molar-refractivity contribution is 5.91. The number of para-hydroxylation sites is 1. The Morgan fingerprint density at radius 3 is 2.41 bits per heavy atom. The van der Waals surface area contributed by atoms with Gasteiger partial charge in [-0.05, 0) is 12.1 Å². The van der Waals surface area contributed by atoms with Crippen molar-refractivity contribution in [3.63, 3.8) is 0 Å². The second-order valence-electron chi connectivity index (χ2n) is 5.37. The second-order valence-corrected chi connectivity index (χ2v) is 5.37. The van der Waals surface area contributed by atoms with Crippen molar-refractivity contribution in [3.8, 4) is 0 Å². The van der Waals surface area contributed by atoms with Crippen molar-refractivity contribution in [3.05, 3.63) is 29.8 Å². The third-order valence-corrected chi connectivity index (χ3v) is 3.86. The molecule has 7 heteroatoms. The second kappa shape index (κ2) is 7.31. The third-order valence-electron chi connectivity index (χ3n) is 3.86. The van der Waals surface area contributed by atoms with Gasteiger partial charge in [0, 0.05) is 12.8 Å². The van der Waals surface area contributed by atoms with Gasteiger partial charge >= 0.3 is 5.97 Å². The average molecular weight is 313 g/mol. The lowest BCUT2D eigenvalue weighted by molar-refractivity contribution is -0.897. The highest BCUT2D eigenvalue weighted by atomic mass is 19.1. The molecule has 1 aliphatic heterocycles. The number of anilines is 1. The van der Waals surface area contributed by atoms with Crippen LogP contribution in [0.1, 0.15) is 12.8 Å².